The fraction of sp³-hybridized carbons (Fsp3) is 1.00. The number of hydrogen-bond donors (Lipinski definition) is 0. The molecule has 0 aromatic carbocycles. The van der Waals surface area contributed by atoms with Gasteiger partial charge >= 0.3 is 55.5 Å². The van der Waals surface area contributed by atoms with Gasteiger partial charge in [0.2, 0.25) is 0 Å². The van der Waals surface area contributed by atoms with Crippen LogP contribution < -0.4 is 0 Å². The van der Waals surface area contributed by atoms with Crippen LogP contribution >= 0.6 is 14.0 Å². The molecule has 0 fully saturated rings. The summed E-state index contributed by atoms with van der Waals surface area (Å²) < 4.78 is 0. The van der Waals surface area contributed by atoms with Crippen molar-refractivity contribution in [3.63, 3.8) is 0 Å². The second-order valence-electron chi connectivity index (χ2n) is 2.12. The van der Waals surface area contributed by atoms with E-state index < -0.39 is 11.4 Å². The fourth-order valence-electron chi connectivity index (χ4n) is 0.250. The Morgan fingerprint density at radius 2 is 1.57 bits per heavy atom. The quantitative estimate of drug-likeness (QED) is 0.634. The molecule has 0 bridgehead atoms. The summed E-state index contributed by atoms with van der Waals surface area (Å²) >= 11 is 2.50. The predicted molar refractivity (Wildman–Crippen MR) is 41.5 cm³/mol. The monoisotopic (exact) mass is 226 g/mol. The van der Waals surface area contributed by atoms with Gasteiger partial charge in [-0.3, -0.25) is 0 Å². The van der Waals surface area contributed by atoms with E-state index in [4.69, 9.17) is 0 Å². The molecule has 0 saturated heterocycles. The average Bonchev–Trinajstić information content (AvgIpc) is 1.68. The van der Waals surface area contributed by atoms with Crippen molar-refractivity contribution in [3.8, 4) is 0 Å². The third-order valence-corrected chi connectivity index (χ3v) is 13.5. The molecule has 0 rings (SSSR count). The van der Waals surface area contributed by atoms with Gasteiger partial charge in [-0.05, 0) is 0 Å². The maximum atomic E-state index is 3.77. The average molecular weight is 226 g/mol. The first kappa shape index (κ1) is 8.02. The normalized spacial score (nSPS) is 12.0. The van der Waals surface area contributed by atoms with Crippen LogP contribution in [0.15, 0.2) is 0 Å². The summed E-state index contributed by atoms with van der Waals surface area (Å²) in [6.45, 7) is 4.55. The molecule has 44 valence electrons. The number of rotatable bonds is 2. The number of hydrogen-bond acceptors (Lipinski definition) is 0. The molecule has 0 aliphatic heterocycles. The van der Waals surface area contributed by atoms with E-state index in [-0.39, 0.29) is 0 Å². The SMILES string of the molecule is C[CH2][Ge]([CH3])([Br])[CH2]C. The van der Waals surface area contributed by atoms with E-state index in [1.807, 2.05) is 0 Å². The van der Waals surface area contributed by atoms with Crippen molar-refractivity contribution >= 4 is 25.4 Å². The minimum atomic E-state index is -1.27. The second-order valence-corrected chi connectivity index (χ2v) is 21.0. The first-order chi connectivity index (χ1) is 3.12. The van der Waals surface area contributed by atoms with Crippen LogP contribution in [0.1, 0.15) is 13.8 Å². The van der Waals surface area contributed by atoms with E-state index in [1.54, 1.807) is 0 Å². The molecule has 0 N–H and O–H groups in total. The Labute approximate surface area is 55.7 Å². The van der Waals surface area contributed by atoms with E-state index in [1.165, 1.54) is 10.5 Å². The minimum absolute atomic E-state index is 1.27. The summed E-state index contributed by atoms with van der Waals surface area (Å²) in [5, 5.41) is 2.80. The Kier molecular flexibility index (Phi) is 3.59. The van der Waals surface area contributed by atoms with Gasteiger partial charge in [-0.2, -0.15) is 0 Å². The Morgan fingerprint density at radius 3 is 1.57 bits per heavy atom. The van der Waals surface area contributed by atoms with Gasteiger partial charge in [0.1, 0.15) is 0 Å². The molecule has 0 unspecified atom stereocenters. The molecule has 0 amide bonds. The van der Waals surface area contributed by atoms with Gasteiger partial charge in [-0.1, -0.05) is 0 Å². The van der Waals surface area contributed by atoms with Crippen molar-refractivity contribution < 1.29 is 0 Å². The molecule has 0 aliphatic rings. The molecule has 0 nitrogen and oxygen atoms in total. The van der Waals surface area contributed by atoms with Crippen LogP contribution in [0.3, 0.4) is 0 Å². The van der Waals surface area contributed by atoms with Crippen LogP contribution in [-0.2, 0) is 0 Å². The Balaban J connectivity index is 3.36. The van der Waals surface area contributed by atoms with E-state index in [0.717, 1.165) is 0 Å². The fourth-order valence-corrected chi connectivity index (χ4v) is 1.30. The van der Waals surface area contributed by atoms with Crippen LogP contribution in [0.2, 0.25) is 16.3 Å². The topological polar surface area (TPSA) is 0 Å². The Bertz CT molecular complexity index is 46.0. The van der Waals surface area contributed by atoms with Crippen molar-refractivity contribution in [1.29, 1.82) is 0 Å². The van der Waals surface area contributed by atoms with Crippen molar-refractivity contribution in [2.75, 3.05) is 0 Å². The molecule has 0 radical (unpaired) electrons. The Morgan fingerprint density at radius 1 is 1.29 bits per heavy atom. The van der Waals surface area contributed by atoms with E-state index in [9.17, 15) is 0 Å². The van der Waals surface area contributed by atoms with Crippen molar-refractivity contribution in [2.45, 2.75) is 30.1 Å². The van der Waals surface area contributed by atoms with Gasteiger partial charge < -0.3 is 0 Å². The molecule has 0 spiro atoms. The van der Waals surface area contributed by atoms with Crippen molar-refractivity contribution in [2.24, 2.45) is 0 Å². The molecule has 0 saturated carbocycles. The van der Waals surface area contributed by atoms with Crippen LogP contribution in [0.5, 0.6) is 0 Å². The van der Waals surface area contributed by atoms with Crippen LogP contribution in [-0.4, -0.2) is 11.4 Å². The summed E-state index contributed by atoms with van der Waals surface area (Å²) in [7, 11) is 0. The zero-order valence-corrected chi connectivity index (χ0v) is 8.98. The van der Waals surface area contributed by atoms with Gasteiger partial charge in [0, 0.05) is 0 Å². The molecule has 0 aliphatic carbocycles. The van der Waals surface area contributed by atoms with Gasteiger partial charge in [0.25, 0.3) is 0 Å². The van der Waals surface area contributed by atoms with E-state index in [0.29, 0.717) is 0 Å². The molecule has 0 aromatic heterocycles. The van der Waals surface area contributed by atoms with Crippen molar-refractivity contribution in [1.82, 2.24) is 0 Å². The molecular formula is C5H13BrGe. The second kappa shape index (κ2) is 3.13. The third-order valence-electron chi connectivity index (χ3n) is 1.47. The van der Waals surface area contributed by atoms with E-state index in [2.05, 4.69) is 33.6 Å². The zero-order chi connectivity index (χ0) is 5.91. The van der Waals surface area contributed by atoms with Gasteiger partial charge in [-0.25, -0.2) is 0 Å². The molecular weight excluding hydrogens is 213 g/mol. The zero-order valence-electron chi connectivity index (χ0n) is 5.29. The van der Waals surface area contributed by atoms with Gasteiger partial charge in [-0.15, -0.1) is 0 Å². The van der Waals surface area contributed by atoms with Gasteiger partial charge in [0.05, 0.1) is 0 Å². The van der Waals surface area contributed by atoms with E-state index >= 15 is 0 Å². The summed E-state index contributed by atoms with van der Waals surface area (Å²) in [4.78, 5) is 0. The molecule has 0 aromatic rings. The Hall–Kier alpha value is 1.02. The number of halogens is 1. The first-order valence-electron chi connectivity index (χ1n) is 2.81. The predicted octanol–water partition coefficient (Wildman–Crippen LogP) is 3.00. The van der Waals surface area contributed by atoms with Crippen LogP contribution in [0, 0.1) is 0 Å². The summed E-state index contributed by atoms with van der Waals surface area (Å²) in [5.74, 6) is 2.40. The molecule has 7 heavy (non-hydrogen) atoms. The van der Waals surface area contributed by atoms with Crippen LogP contribution in [0.4, 0.5) is 0 Å². The van der Waals surface area contributed by atoms with Gasteiger partial charge in [0.15, 0.2) is 0 Å². The van der Waals surface area contributed by atoms with Crippen molar-refractivity contribution in [3.05, 3.63) is 0 Å². The first-order valence-corrected chi connectivity index (χ1v) is 12.8. The summed E-state index contributed by atoms with van der Waals surface area (Å²) in [6, 6.07) is 0. The summed E-state index contributed by atoms with van der Waals surface area (Å²) in [6.07, 6.45) is 0. The molecule has 0 atom stereocenters. The third kappa shape index (κ3) is 3.59. The van der Waals surface area contributed by atoms with Crippen LogP contribution in [0.25, 0.3) is 0 Å². The molecule has 0 heterocycles. The summed E-state index contributed by atoms with van der Waals surface area (Å²) in [5.41, 5.74) is 0. The standard InChI is InChI=1S/C5H13BrGe/c1-4-7(3,6)5-2/h4-5H2,1-3H3. The molecule has 2 heteroatoms. The maximum absolute atomic E-state index is 3.77.